The fraction of sp³-hybridized carbons (Fsp3) is 0.286. The Labute approximate surface area is 125 Å². The number of thiazole rings is 1. The number of hydrogen-bond donors (Lipinski definition) is 0. The zero-order valence-corrected chi connectivity index (χ0v) is 12.5. The van der Waals surface area contributed by atoms with E-state index in [1.165, 1.54) is 19.1 Å². The number of aromatic nitrogens is 1. The van der Waals surface area contributed by atoms with Gasteiger partial charge in [-0.15, -0.1) is 11.3 Å². The lowest BCUT2D eigenvalue weighted by Crippen LogP contribution is -2.04. The van der Waals surface area contributed by atoms with Gasteiger partial charge in [0.25, 0.3) is 5.69 Å². The number of Topliss-reactive ketones (excluding diaryl/α,β-unsaturated/α-hetero) is 1. The minimum absolute atomic E-state index is 0.0886. The summed E-state index contributed by atoms with van der Waals surface area (Å²) in [6.07, 6.45) is 0.693. The van der Waals surface area contributed by atoms with Crippen molar-refractivity contribution in [2.45, 2.75) is 20.3 Å². The molecule has 0 fully saturated rings. The maximum Gasteiger partial charge on any atom is 0.283 e. The second-order valence-corrected chi connectivity index (χ2v) is 5.39. The van der Waals surface area contributed by atoms with Gasteiger partial charge in [-0.05, 0) is 26.0 Å². The van der Waals surface area contributed by atoms with E-state index in [0.717, 1.165) is 10.6 Å². The third-order valence-corrected chi connectivity index (χ3v) is 3.98. The van der Waals surface area contributed by atoms with Crippen LogP contribution in [0.1, 0.15) is 27.9 Å². The van der Waals surface area contributed by atoms with E-state index in [1.807, 2.05) is 6.92 Å². The van der Waals surface area contributed by atoms with Crippen LogP contribution in [0.15, 0.2) is 23.7 Å². The number of ether oxygens (including phenoxy) is 1. The first-order chi connectivity index (χ1) is 9.99. The van der Waals surface area contributed by atoms with Crippen LogP contribution >= 0.6 is 11.3 Å². The van der Waals surface area contributed by atoms with Crippen molar-refractivity contribution in [3.05, 3.63) is 50.0 Å². The molecule has 0 amide bonds. The highest BCUT2D eigenvalue weighted by Gasteiger charge is 2.18. The van der Waals surface area contributed by atoms with Crippen LogP contribution in [0, 0.1) is 17.0 Å². The van der Waals surface area contributed by atoms with E-state index in [1.54, 1.807) is 22.9 Å². The monoisotopic (exact) mass is 306 g/mol. The molecule has 6 nitrogen and oxygen atoms in total. The van der Waals surface area contributed by atoms with Crippen LogP contribution < -0.4 is 4.74 Å². The van der Waals surface area contributed by atoms with Crippen LogP contribution in [0.4, 0.5) is 5.69 Å². The third-order valence-electron chi connectivity index (χ3n) is 2.99. The predicted octanol–water partition coefficient (Wildman–Crippen LogP) is 3.18. The van der Waals surface area contributed by atoms with Crippen LogP contribution in [0.3, 0.4) is 0 Å². The summed E-state index contributed by atoms with van der Waals surface area (Å²) in [6, 6.07) is 4.28. The second-order valence-electron chi connectivity index (χ2n) is 4.45. The predicted molar refractivity (Wildman–Crippen MR) is 79.2 cm³/mol. The number of nitro benzene ring substituents is 1. The molecule has 2 aromatic rings. The molecule has 0 spiro atoms. The highest BCUT2D eigenvalue weighted by atomic mass is 32.1. The molecule has 0 unspecified atom stereocenters. The Morgan fingerprint density at radius 2 is 2.24 bits per heavy atom. The van der Waals surface area contributed by atoms with E-state index in [0.29, 0.717) is 18.8 Å². The van der Waals surface area contributed by atoms with Crippen LogP contribution in [0.5, 0.6) is 5.75 Å². The molecule has 0 radical (unpaired) electrons. The van der Waals surface area contributed by atoms with E-state index in [-0.39, 0.29) is 17.0 Å². The molecule has 0 aliphatic heterocycles. The number of aryl methyl sites for hydroxylation is 1. The van der Waals surface area contributed by atoms with E-state index < -0.39 is 4.92 Å². The molecule has 0 aliphatic rings. The zero-order chi connectivity index (χ0) is 15.4. The van der Waals surface area contributed by atoms with Gasteiger partial charge in [-0.2, -0.15) is 0 Å². The van der Waals surface area contributed by atoms with E-state index in [9.17, 15) is 14.9 Å². The largest absolute Gasteiger partial charge is 0.493 e. The molecule has 110 valence electrons. The maximum atomic E-state index is 11.3. The first kappa shape index (κ1) is 15.1. The van der Waals surface area contributed by atoms with Gasteiger partial charge >= 0.3 is 0 Å². The van der Waals surface area contributed by atoms with E-state index >= 15 is 0 Å². The highest BCUT2D eigenvalue weighted by molar-refractivity contribution is 7.09. The highest BCUT2D eigenvalue weighted by Crippen LogP contribution is 2.25. The fourth-order valence-corrected chi connectivity index (χ4v) is 2.64. The summed E-state index contributed by atoms with van der Waals surface area (Å²) in [7, 11) is 0. The van der Waals surface area contributed by atoms with Crippen LogP contribution in [-0.4, -0.2) is 22.3 Å². The minimum Gasteiger partial charge on any atom is -0.493 e. The van der Waals surface area contributed by atoms with Gasteiger partial charge in [-0.25, -0.2) is 4.98 Å². The number of ketones is 1. The smallest absolute Gasteiger partial charge is 0.283 e. The standard InChI is InChI=1S/C14H14N2O4S/c1-9-14(21-8-15-9)5-6-20-11-3-4-12(10(2)17)13(7-11)16(18)19/h3-4,7-8H,5-6H2,1-2H3. The molecule has 0 atom stereocenters. The lowest BCUT2D eigenvalue weighted by Gasteiger charge is -2.07. The van der Waals surface area contributed by atoms with Gasteiger partial charge in [0.05, 0.1) is 34.4 Å². The number of carbonyl (C=O) groups excluding carboxylic acids is 1. The average Bonchev–Trinajstić information content (AvgIpc) is 2.84. The van der Waals surface area contributed by atoms with Crippen molar-refractivity contribution in [3.8, 4) is 5.75 Å². The van der Waals surface area contributed by atoms with Crippen molar-refractivity contribution in [3.63, 3.8) is 0 Å². The molecule has 1 aromatic carbocycles. The Balaban J connectivity index is 2.07. The molecule has 2 rings (SSSR count). The first-order valence-electron chi connectivity index (χ1n) is 6.30. The molecule has 0 bridgehead atoms. The SMILES string of the molecule is CC(=O)c1ccc(OCCc2scnc2C)cc1[N+](=O)[O-]. The van der Waals surface area contributed by atoms with Gasteiger partial charge in [0.1, 0.15) is 5.75 Å². The second kappa shape index (κ2) is 6.45. The van der Waals surface area contributed by atoms with Gasteiger partial charge in [0, 0.05) is 11.3 Å². The summed E-state index contributed by atoms with van der Waals surface area (Å²) in [5.41, 5.74) is 2.61. The minimum atomic E-state index is -0.572. The lowest BCUT2D eigenvalue weighted by atomic mass is 10.1. The summed E-state index contributed by atoms with van der Waals surface area (Å²) < 4.78 is 5.52. The average molecular weight is 306 g/mol. The Morgan fingerprint density at radius 1 is 1.48 bits per heavy atom. The number of rotatable bonds is 6. The molecular formula is C14H14N2O4S. The van der Waals surface area contributed by atoms with Crippen molar-refractivity contribution < 1.29 is 14.5 Å². The molecule has 0 saturated carbocycles. The summed E-state index contributed by atoms with van der Waals surface area (Å²) >= 11 is 1.56. The van der Waals surface area contributed by atoms with Crippen LogP contribution in [0.2, 0.25) is 0 Å². The number of nitrogens with zero attached hydrogens (tertiary/aromatic N) is 2. The normalized spacial score (nSPS) is 10.4. The van der Waals surface area contributed by atoms with Gasteiger partial charge in [0.2, 0.25) is 0 Å². The molecular weight excluding hydrogens is 292 g/mol. The van der Waals surface area contributed by atoms with Crippen molar-refractivity contribution in [2.75, 3.05) is 6.61 Å². The van der Waals surface area contributed by atoms with Crippen LogP contribution in [-0.2, 0) is 6.42 Å². The van der Waals surface area contributed by atoms with Crippen molar-refractivity contribution in [1.82, 2.24) is 4.98 Å². The first-order valence-corrected chi connectivity index (χ1v) is 7.18. The molecule has 0 N–H and O–H groups in total. The topological polar surface area (TPSA) is 82.3 Å². The van der Waals surface area contributed by atoms with Gasteiger partial charge < -0.3 is 4.74 Å². The molecule has 21 heavy (non-hydrogen) atoms. The Kier molecular flexibility index (Phi) is 4.64. The number of carbonyl (C=O) groups is 1. The maximum absolute atomic E-state index is 11.3. The van der Waals surface area contributed by atoms with Crippen molar-refractivity contribution >= 4 is 22.8 Å². The fourth-order valence-electron chi connectivity index (χ4n) is 1.88. The Hall–Kier alpha value is -2.28. The third kappa shape index (κ3) is 3.63. The summed E-state index contributed by atoms with van der Waals surface area (Å²) in [6.45, 7) is 3.63. The quantitative estimate of drug-likeness (QED) is 0.465. The lowest BCUT2D eigenvalue weighted by molar-refractivity contribution is -0.385. The Morgan fingerprint density at radius 3 is 2.81 bits per heavy atom. The van der Waals surface area contributed by atoms with E-state index in [2.05, 4.69) is 4.98 Å². The molecule has 1 aromatic heterocycles. The summed E-state index contributed by atoms with van der Waals surface area (Å²) in [5.74, 6) is 0.0439. The van der Waals surface area contributed by atoms with Crippen LogP contribution in [0.25, 0.3) is 0 Å². The van der Waals surface area contributed by atoms with Crippen molar-refractivity contribution in [1.29, 1.82) is 0 Å². The molecule has 7 heteroatoms. The summed E-state index contributed by atoms with van der Waals surface area (Å²) in [4.78, 5) is 27.0. The zero-order valence-electron chi connectivity index (χ0n) is 11.7. The van der Waals surface area contributed by atoms with E-state index in [4.69, 9.17) is 4.74 Å². The number of benzene rings is 1. The number of nitro groups is 1. The number of hydrogen-bond acceptors (Lipinski definition) is 6. The molecule has 0 saturated heterocycles. The Bertz CT molecular complexity index is 681. The van der Waals surface area contributed by atoms with Crippen molar-refractivity contribution in [2.24, 2.45) is 0 Å². The molecule has 1 heterocycles. The van der Waals surface area contributed by atoms with Gasteiger partial charge in [-0.1, -0.05) is 0 Å². The summed E-state index contributed by atoms with van der Waals surface area (Å²) in [5, 5.41) is 11.0. The van der Waals surface area contributed by atoms with Gasteiger partial charge in [-0.3, -0.25) is 14.9 Å². The molecule has 0 aliphatic carbocycles. The van der Waals surface area contributed by atoms with Gasteiger partial charge in [0.15, 0.2) is 5.78 Å².